The molecule has 1 unspecified atom stereocenters. The predicted octanol–water partition coefficient (Wildman–Crippen LogP) is 3.71. The van der Waals surface area contributed by atoms with Crippen molar-refractivity contribution in [1.29, 1.82) is 0 Å². The number of halogens is 2. The van der Waals surface area contributed by atoms with E-state index in [-0.39, 0.29) is 0 Å². The standard InChI is InChI=1S/C11H12Cl2O/c12-9-5-4-8(11(13)6-9)2-1-3-10-7-14-10/h4-6,10H,1-3,7H2. The van der Waals surface area contributed by atoms with Crippen LogP contribution in [0.5, 0.6) is 0 Å². The van der Waals surface area contributed by atoms with Crippen LogP contribution in [0.4, 0.5) is 0 Å². The molecule has 1 aromatic rings. The summed E-state index contributed by atoms with van der Waals surface area (Å²) in [5.74, 6) is 0. The van der Waals surface area contributed by atoms with Gasteiger partial charge in [0.1, 0.15) is 0 Å². The molecule has 1 aliphatic rings. The minimum Gasteiger partial charge on any atom is -0.373 e. The molecule has 1 heterocycles. The molecule has 1 fully saturated rings. The minimum absolute atomic E-state index is 0.515. The zero-order valence-electron chi connectivity index (χ0n) is 7.80. The second-order valence-electron chi connectivity index (χ2n) is 3.58. The third-order valence-electron chi connectivity index (χ3n) is 2.39. The lowest BCUT2D eigenvalue weighted by molar-refractivity contribution is 0.392. The van der Waals surface area contributed by atoms with Gasteiger partial charge in [0.15, 0.2) is 0 Å². The van der Waals surface area contributed by atoms with Crippen LogP contribution < -0.4 is 0 Å². The molecule has 3 heteroatoms. The molecule has 0 aromatic heterocycles. The zero-order chi connectivity index (χ0) is 9.97. The summed E-state index contributed by atoms with van der Waals surface area (Å²) in [5, 5.41) is 1.47. The van der Waals surface area contributed by atoms with Gasteiger partial charge in [-0.25, -0.2) is 0 Å². The van der Waals surface area contributed by atoms with Gasteiger partial charge in [-0.2, -0.15) is 0 Å². The zero-order valence-corrected chi connectivity index (χ0v) is 9.31. The Hall–Kier alpha value is -0.240. The maximum atomic E-state index is 6.04. The van der Waals surface area contributed by atoms with E-state index >= 15 is 0 Å². The summed E-state index contributed by atoms with van der Waals surface area (Å²) in [5.41, 5.74) is 1.18. The lowest BCUT2D eigenvalue weighted by Crippen LogP contribution is -1.90. The lowest BCUT2D eigenvalue weighted by atomic mass is 10.1. The third kappa shape index (κ3) is 2.88. The third-order valence-corrected chi connectivity index (χ3v) is 2.98. The Labute approximate surface area is 94.0 Å². The van der Waals surface area contributed by atoms with Gasteiger partial charge in [0.05, 0.1) is 12.7 Å². The van der Waals surface area contributed by atoms with Gasteiger partial charge in [-0.1, -0.05) is 29.3 Å². The average Bonchev–Trinajstić information content (AvgIpc) is 2.92. The fraction of sp³-hybridized carbons (Fsp3) is 0.455. The van der Waals surface area contributed by atoms with Gasteiger partial charge in [0, 0.05) is 10.0 Å². The van der Waals surface area contributed by atoms with Crippen molar-refractivity contribution in [2.45, 2.75) is 25.4 Å². The van der Waals surface area contributed by atoms with Crippen LogP contribution in [0.1, 0.15) is 18.4 Å². The summed E-state index contributed by atoms with van der Waals surface area (Å²) in [6.07, 6.45) is 3.79. The highest BCUT2D eigenvalue weighted by molar-refractivity contribution is 6.35. The van der Waals surface area contributed by atoms with Crippen LogP contribution in [-0.4, -0.2) is 12.7 Å². The molecule has 0 aliphatic carbocycles. The molecule has 1 nitrogen and oxygen atoms in total. The summed E-state index contributed by atoms with van der Waals surface area (Å²) < 4.78 is 5.14. The second-order valence-corrected chi connectivity index (χ2v) is 4.43. The highest BCUT2D eigenvalue weighted by atomic mass is 35.5. The maximum Gasteiger partial charge on any atom is 0.0810 e. The van der Waals surface area contributed by atoms with Crippen LogP contribution in [0.2, 0.25) is 10.0 Å². The average molecular weight is 231 g/mol. The Bertz CT molecular complexity index is 321. The van der Waals surface area contributed by atoms with E-state index in [1.54, 1.807) is 6.07 Å². The Kier molecular flexibility index (Phi) is 3.32. The fourth-order valence-corrected chi connectivity index (χ4v) is 1.98. The van der Waals surface area contributed by atoms with E-state index in [2.05, 4.69) is 0 Å². The molecule has 0 radical (unpaired) electrons. The molecule has 1 saturated heterocycles. The summed E-state index contributed by atoms with van der Waals surface area (Å²) in [4.78, 5) is 0. The highest BCUT2D eigenvalue weighted by Crippen LogP contribution is 2.24. The second kappa shape index (κ2) is 4.52. The molecule has 14 heavy (non-hydrogen) atoms. The van der Waals surface area contributed by atoms with Gasteiger partial charge in [-0.05, 0) is 37.0 Å². The summed E-state index contributed by atoms with van der Waals surface area (Å²) >= 11 is 11.9. The molecule has 76 valence electrons. The number of aryl methyl sites for hydroxylation is 1. The van der Waals surface area contributed by atoms with Crippen LogP contribution in [0.3, 0.4) is 0 Å². The topological polar surface area (TPSA) is 12.5 Å². The van der Waals surface area contributed by atoms with Crippen molar-refractivity contribution in [3.8, 4) is 0 Å². The number of epoxide rings is 1. The van der Waals surface area contributed by atoms with Crippen molar-refractivity contribution in [3.05, 3.63) is 33.8 Å². The Morgan fingerprint density at radius 3 is 2.79 bits per heavy atom. The molecule has 2 rings (SSSR count). The van der Waals surface area contributed by atoms with Crippen LogP contribution in [0.15, 0.2) is 18.2 Å². The first-order chi connectivity index (χ1) is 6.75. The highest BCUT2D eigenvalue weighted by Gasteiger charge is 2.21. The first-order valence-electron chi connectivity index (χ1n) is 4.81. The summed E-state index contributed by atoms with van der Waals surface area (Å²) in [6.45, 7) is 0.939. The molecule has 1 atom stereocenters. The smallest absolute Gasteiger partial charge is 0.0810 e. The SMILES string of the molecule is Clc1ccc(CCCC2CO2)c(Cl)c1. The quantitative estimate of drug-likeness (QED) is 0.719. The normalized spacial score (nSPS) is 19.7. The van der Waals surface area contributed by atoms with Gasteiger partial charge in [0.25, 0.3) is 0 Å². The van der Waals surface area contributed by atoms with Gasteiger partial charge in [-0.3, -0.25) is 0 Å². The van der Waals surface area contributed by atoms with E-state index in [9.17, 15) is 0 Å². The lowest BCUT2D eigenvalue weighted by Gasteiger charge is -2.03. The van der Waals surface area contributed by atoms with Gasteiger partial charge in [0.2, 0.25) is 0 Å². The van der Waals surface area contributed by atoms with Crippen molar-refractivity contribution < 1.29 is 4.74 Å². The minimum atomic E-state index is 0.515. The van der Waals surface area contributed by atoms with E-state index in [4.69, 9.17) is 27.9 Å². The molecular weight excluding hydrogens is 219 g/mol. The van der Waals surface area contributed by atoms with Crippen molar-refractivity contribution >= 4 is 23.2 Å². The molecule has 0 saturated carbocycles. The first kappa shape index (κ1) is 10.3. The van der Waals surface area contributed by atoms with Crippen molar-refractivity contribution in [3.63, 3.8) is 0 Å². The van der Waals surface area contributed by atoms with E-state index in [0.29, 0.717) is 11.1 Å². The predicted molar refractivity (Wildman–Crippen MR) is 59.1 cm³/mol. The largest absolute Gasteiger partial charge is 0.373 e. The fourth-order valence-electron chi connectivity index (χ4n) is 1.48. The number of rotatable bonds is 4. The van der Waals surface area contributed by atoms with E-state index in [1.165, 1.54) is 5.56 Å². The molecule has 0 N–H and O–H groups in total. The molecule has 1 aromatic carbocycles. The van der Waals surface area contributed by atoms with E-state index < -0.39 is 0 Å². The van der Waals surface area contributed by atoms with Crippen LogP contribution >= 0.6 is 23.2 Å². The van der Waals surface area contributed by atoms with E-state index in [1.807, 2.05) is 12.1 Å². The van der Waals surface area contributed by atoms with Crippen molar-refractivity contribution in [2.24, 2.45) is 0 Å². The molecule has 0 spiro atoms. The summed E-state index contributed by atoms with van der Waals surface area (Å²) in [6, 6.07) is 5.68. The number of hydrogen-bond donors (Lipinski definition) is 0. The van der Waals surface area contributed by atoms with Crippen LogP contribution in [0, 0.1) is 0 Å². The molecular formula is C11H12Cl2O. The van der Waals surface area contributed by atoms with Crippen molar-refractivity contribution in [2.75, 3.05) is 6.61 Å². The Balaban J connectivity index is 1.87. The van der Waals surface area contributed by atoms with Crippen LogP contribution in [0.25, 0.3) is 0 Å². The van der Waals surface area contributed by atoms with E-state index in [0.717, 1.165) is 30.9 Å². The van der Waals surface area contributed by atoms with Gasteiger partial charge < -0.3 is 4.74 Å². The Morgan fingerprint density at radius 1 is 1.36 bits per heavy atom. The maximum absolute atomic E-state index is 6.04. The molecule has 0 amide bonds. The number of benzene rings is 1. The van der Waals surface area contributed by atoms with Gasteiger partial charge >= 0.3 is 0 Å². The molecule has 1 aliphatic heterocycles. The monoisotopic (exact) mass is 230 g/mol. The number of hydrogen-bond acceptors (Lipinski definition) is 1. The summed E-state index contributed by atoms with van der Waals surface area (Å²) in [7, 11) is 0. The Morgan fingerprint density at radius 2 is 2.14 bits per heavy atom. The van der Waals surface area contributed by atoms with Crippen molar-refractivity contribution in [1.82, 2.24) is 0 Å². The van der Waals surface area contributed by atoms with Crippen LogP contribution in [-0.2, 0) is 11.2 Å². The number of ether oxygens (including phenoxy) is 1. The first-order valence-corrected chi connectivity index (χ1v) is 5.57. The van der Waals surface area contributed by atoms with Gasteiger partial charge in [-0.15, -0.1) is 0 Å². The molecule has 0 bridgehead atoms.